The minimum Gasteiger partial charge on any atom is -0.363 e. The topological polar surface area (TPSA) is 152 Å². The van der Waals surface area contributed by atoms with Gasteiger partial charge in [0.2, 0.25) is 11.9 Å². The maximum atomic E-state index is 12.6. The Balaban J connectivity index is 1.15. The maximum absolute atomic E-state index is 12.6. The van der Waals surface area contributed by atoms with Crippen molar-refractivity contribution in [3.8, 4) is 12.1 Å². The molecule has 2 aliphatic heterocycles. The van der Waals surface area contributed by atoms with Crippen molar-refractivity contribution in [3.63, 3.8) is 0 Å². The number of nitrogens with zero attached hydrogens (tertiary/aromatic N) is 12. The summed E-state index contributed by atoms with van der Waals surface area (Å²) >= 11 is 0. The number of hydrogen-bond donors (Lipinski definition) is 1. The number of anilines is 3. The number of pyridine rings is 1. The van der Waals surface area contributed by atoms with Crippen LogP contribution in [0.25, 0.3) is 5.65 Å². The van der Waals surface area contributed by atoms with Gasteiger partial charge in [0, 0.05) is 57.9 Å². The molecule has 4 aromatic heterocycles. The molecule has 0 bridgehead atoms. The summed E-state index contributed by atoms with van der Waals surface area (Å²) in [6.45, 7) is 4.49. The number of carbonyl (C=O) groups is 1. The van der Waals surface area contributed by atoms with Gasteiger partial charge < -0.3 is 20.0 Å². The van der Waals surface area contributed by atoms with Gasteiger partial charge >= 0.3 is 0 Å². The molecule has 0 unspecified atom stereocenters. The molecule has 6 heterocycles. The van der Waals surface area contributed by atoms with E-state index in [1.54, 1.807) is 32.5 Å². The van der Waals surface area contributed by atoms with Gasteiger partial charge in [-0.3, -0.25) is 14.2 Å². The fourth-order valence-electron chi connectivity index (χ4n) is 5.09. The van der Waals surface area contributed by atoms with Crippen molar-refractivity contribution in [2.75, 3.05) is 56.5 Å². The second-order valence-corrected chi connectivity index (χ2v) is 10.0. The van der Waals surface area contributed by atoms with Gasteiger partial charge in [-0.25, -0.2) is 4.52 Å². The van der Waals surface area contributed by atoms with E-state index in [0.29, 0.717) is 35.9 Å². The summed E-state index contributed by atoms with van der Waals surface area (Å²) in [4.78, 5) is 23.5. The number of fused-ring (bicyclic) bond motifs is 1. The molecule has 0 radical (unpaired) electrons. The van der Waals surface area contributed by atoms with Crippen LogP contribution in [0.15, 0.2) is 43.1 Å². The standard InChI is InChI=1S/C25H27N13O/c1-33-7-9-34(10-8-33)22(39)16-36-15-20(13-28-36)30-24-31-23-21(3-2-6-37(23)32-24)35-17-25(18-35,4-5-26)38-14-19(11-27)12-29-38/h2-3,6,12-15H,4,7-10,16-18H2,1H3,(H,30,32). The van der Waals surface area contributed by atoms with E-state index >= 15 is 0 Å². The van der Waals surface area contributed by atoms with Crippen molar-refractivity contribution in [3.05, 3.63) is 48.7 Å². The minimum atomic E-state index is -0.506. The van der Waals surface area contributed by atoms with E-state index in [2.05, 4.69) is 49.6 Å². The van der Waals surface area contributed by atoms with E-state index in [4.69, 9.17) is 10.2 Å². The average Bonchev–Trinajstić information content (AvgIpc) is 3.66. The predicted octanol–water partition coefficient (Wildman–Crippen LogP) is 0.641. The van der Waals surface area contributed by atoms with Crippen LogP contribution in [-0.2, 0) is 16.9 Å². The van der Waals surface area contributed by atoms with E-state index in [0.717, 1.165) is 31.9 Å². The molecule has 1 N–H and O–H groups in total. The summed E-state index contributed by atoms with van der Waals surface area (Å²) in [6, 6.07) is 8.22. The smallest absolute Gasteiger partial charge is 0.247 e. The number of nitriles is 2. The summed E-state index contributed by atoms with van der Waals surface area (Å²) in [7, 11) is 2.06. The highest BCUT2D eigenvalue weighted by molar-refractivity contribution is 5.76. The largest absolute Gasteiger partial charge is 0.363 e. The molecule has 39 heavy (non-hydrogen) atoms. The SMILES string of the molecule is CN1CCN(C(=O)Cn2cc(Nc3nc4c(N5CC(CC#N)(n6cc(C#N)cn6)C5)cccn4n3)cn2)CC1. The molecule has 14 heteroatoms. The predicted molar refractivity (Wildman–Crippen MR) is 140 cm³/mol. The highest BCUT2D eigenvalue weighted by Crippen LogP contribution is 2.37. The lowest BCUT2D eigenvalue weighted by Crippen LogP contribution is -2.63. The van der Waals surface area contributed by atoms with Crippen LogP contribution in [0.4, 0.5) is 17.3 Å². The highest BCUT2D eigenvalue weighted by atomic mass is 16.2. The number of rotatable bonds is 7. The number of amides is 1. The summed E-state index contributed by atoms with van der Waals surface area (Å²) in [5.74, 6) is 0.455. The third-order valence-electron chi connectivity index (χ3n) is 7.30. The van der Waals surface area contributed by atoms with Crippen LogP contribution >= 0.6 is 0 Å². The van der Waals surface area contributed by atoms with Crippen LogP contribution in [0.5, 0.6) is 0 Å². The second-order valence-electron chi connectivity index (χ2n) is 10.0. The molecule has 4 aromatic rings. The van der Waals surface area contributed by atoms with Gasteiger partial charge in [-0.1, -0.05) is 0 Å². The molecule has 0 aromatic carbocycles. The van der Waals surface area contributed by atoms with Crippen molar-refractivity contribution in [2.45, 2.75) is 18.5 Å². The Morgan fingerprint density at radius 2 is 1.95 bits per heavy atom. The summed E-state index contributed by atoms with van der Waals surface area (Å²) in [5.41, 5.74) is 2.19. The van der Waals surface area contributed by atoms with E-state index in [-0.39, 0.29) is 18.9 Å². The third kappa shape index (κ3) is 4.62. The molecule has 2 fully saturated rings. The maximum Gasteiger partial charge on any atom is 0.247 e. The Morgan fingerprint density at radius 3 is 2.69 bits per heavy atom. The van der Waals surface area contributed by atoms with Gasteiger partial charge in [-0.15, -0.1) is 5.10 Å². The Hall–Kier alpha value is -4.95. The Labute approximate surface area is 224 Å². The van der Waals surface area contributed by atoms with Crippen LogP contribution in [0.3, 0.4) is 0 Å². The van der Waals surface area contributed by atoms with Crippen LogP contribution in [0.2, 0.25) is 0 Å². The summed E-state index contributed by atoms with van der Waals surface area (Å²) in [5, 5.41) is 35.0. The number of nitrogens with one attached hydrogen (secondary N) is 1. The fourth-order valence-corrected chi connectivity index (χ4v) is 5.09. The molecule has 0 saturated carbocycles. The van der Waals surface area contributed by atoms with Gasteiger partial charge in [0.15, 0.2) is 5.65 Å². The Morgan fingerprint density at radius 1 is 1.13 bits per heavy atom. The van der Waals surface area contributed by atoms with Crippen molar-refractivity contribution in [1.29, 1.82) is 10.5 Å². The Kier molecular flexibility index (Phi) is 6.09. The Bertz CT molecular complexity index is 1590. The minimum absolute atomic E-state index is 0.0502. The number of carbonyl (C=O) groups excluding carboxylic acids is 1. The lowest BCUT2D eigenvalue weighted by Gasteiger charge is -2.50. The van der Waals surface area contributed by atoms with Gasteiger partial charge in [-0.05, 0) is 19.2 Å². The molecule has 1 amide bonds. The van der Waals surface area contributed by atoms with Gasteiger partial charge in [-0.2, -0.15) is 25.7 Å². The van der Waals surface area contributed by atoms with Crippen LogP contribution < -0.4 is 10.2 Å². The molecule has 2 saturated heterocycles. The van der Waals surface area contributed by atoms with Gasteiger partial charge in [0.25, 0.3) is 0 Å². The first-order valence-electron chi connectivity index (χ1n) is 12.6. The number of likely N-dealkylation sites (N-methyl/N-ethyl adjacent to an activating group) is 1. The zero-order valence-electron chi connectivity index (χ0n) is 21.5. The van der Waals surface area contributed by atoms with Crippen LogP contribution in [-0.4, -0.2) is 96.2 Å². The fraction of sp³-hybridized carbons (Fsp3) is 0.400. The van der Waals surface area contributed by atoms with Crippen molar-refractivity contribution in [2.24, 2.45) is 0 Å². The molecule has 6 rings (SSSR count). The van der Waals surface area contributed by atoms with E-state index in [1.165, 1.54) is 6.20 Å². The second kappa shape index (κ2) is 9.74. The summed E-state index contributed by atoms with van der Waals surface area (Å²) < 4.78 is 5.05. The molecular formula is C25H27N13O. The monoisotopic (exact) mass is 525 g/mol. The van der Waals surface area contributed by atoms with E-state index < -0.39 is 5.54 Å². The first-order valence-corrected chi connectivity index (χ1v) is 12.6. The quantitative estimate of drug-likeness (QED) is 0.364. The van der Waals surface area contributed by atoms with Crippen LogP contribution in [0.1, 0.15) is 12.0 Å². The van der Waals surface area contributed by atoms with Crippen molar-refractivity contribution >= 4 is 28.9 Å². The highest BCUT2D eigenvalue weighted by Gasteiger charge is 2.46. The van der Waals surface area contributed by atoms with Crippen molar-refractivity contribution < 1.29 is 4.79 Å². The number of hydrogen-bond acceptors (Lipinski definition) is 10. The van der Waals surface area contributed by atoms with Crippen LogP contribution in [0, 0.1) is 22.7 Å². The number of aromatic nitrogens is 7. The van der Waals surface area contributed by atoms with Gasteiger partial charge in [0.05, 0.1) is 41.8 Å². The molecular weight excluding hydrogens is 498 g/mol. The molecule has 2 aliphatic rings. The zero-order valence-corrected chi connectivity index (χ0v) is 21.5. The lowest BCUT2D eigenvalue weighted by molar-refractivity contribution is -0.133. The van der Waals surface area contributed by atoms with E-state index in [1.807, 2.05) is 23.2 Å². The van der Waals surface area contributed by atoms with Crippen molar-refractivity contribution in [1.82, 2.24) is 44.0 Å². The number of piperazine rings is 1. The summed E-state index contributed by atoms with van der Waals surface area (Å²) in [6.07, 6.45) is 8.72. The molecule has 14 nitrogen and oxygen atoms in total. The zero-order chi connectivity index (χ0) is 27.0. The first kappa shape index (κ1) is 24.4. The van der Waals surface area contributed by atoms with Gasteiger partial charge in [0.1, 0.15) is 18.2 Å². The normalized spacial score (nSPS) is 17.0. The molecule has 0 spiro atoms. The first-order chi connectivity index (χ1) is 19.0. The lowest BCUT2D eigenvalue weighted by atomic mass is 9.86. The average molecular weight is 526 g/mol. The van der Waals surface area contributed by atoms with E-state index in [9.17, 15) is 10.1 Å². The molecule has 198 valence electrons. The molecule has 0 atom stereocenters. The third-order valence-corrected chi connectivity index (χ3v) is 7.30. The molecule has 0 aliphatic carbocycles.